The smallest absolute Gasteiger partial charge is 0.258 e. The van der Waals surface area contributed by atoms with Gasteiger partial charge < -0.3 is 0 Å². The molecule has 98 valence electrons. The van der Waals surface area contributed by atoms with Crippen LogP contribution in [-0.4, -0.2) is 4.92 Å². The van der Waals surface area contributed by atoms with Gasteiger partial charge in [0.25, 0.3) is 5.69 Å². The second-order valence-electron chi connectivity index (χ2n) is 4.59. The van der Waals surface area contributed by atoms with Crippen molar-refractivity contribution in [1.29, 1.82) is 0 Å². The van der Waals surface area contributed by atoms with E-state index in [1.807, 2.05) is 53.1 Å². The third kappa shape index (κ3) is 2.23. The van der Waals surface area contributed by atoms with Crippen LogP contribution in [0, 0.1) is 10.1 Å². The molecule has 0 saturated heterocycles. The average Bonchev–Trinajstić information content (AvgIpc) is 2.48. The number of hydrogen-bond acceptors (Lipinski definition) is 2. The molecule has 0 radical (unpaired) electrons. The van der Waals surface area contributed by atoms with Gasteiger partial charge in [-0.25, -0.2) is 0 Å². The lowest BCUT2D eigenvalue weighted by atomic mass is 10.1. The van der Waals surface area contributed by atoms with Crippen molar-refractivity contribution in [3.8, 4) is 0 Å². The molecule has 0 saturated carbocycles. The number of nitro groups is 1. The molecule has 0 aliphatic carbocycles. The molecule has 0 fully saturated rings. The van der Waals surface area contributed by atoms with Crippen molar-refractivity contribution in [3.05, 3.63) is 82.5 Å². The van der Waals surface area contributed by atoms with Crippen LogP contribution < -0.4 is 4.57 Å². The number of para-hydroxylation sites is 1. The Bertz CT molecular complexity index is 770. The Morgan fingerprint density at radius 1 is 0.950 bits per heavy atom. The van der Waals surface area contributed by atoms with Gasteiger partial charge >= 0.3 is 0 Å². The summed E-state index contributed by atoms with van der Waals surface area (Å²) in [6.45, 7) is 0.694. The molecule has 3 rings (SSSR count). The van der Waals surface area contributed by atoms with E-state index < -0.39 is 0 Å². The number of aromatic nitrogens is 1. The first kappa shape index (κ1) is 12.3. The van der Waals surface area contributed by atoms with Crippen LogP contribution in [0.1, 0.15) is 5.56 Å². The zero-order valence-corrected chi connectivity index (χ0v) is 10.8. The van der Waals surface area contributed by atoms with Crippen molar-refractivity contribution >= 4 is 16.6 Å². The van der Waals surface area contributed by atoms with Crippen LogP contribution in [0.5, 0.6) is 0 Å². The average molecular weight is 265 g/mol. The molecule has 0 bridgehead atoms. The largest absolute Gasteiger partial charge is 0.289 e. The fourth-order valence-corrected chi connectivity index (χ4v) is 2.35. The van der Waals surface area contributed by atoms with Crippen LogP contribution in [0.25, 0.3) is 10.9 Å². The van der Waals surface area contributed by atoms with E-state index in [-0.39, 0.29) is 10.6 Å². The topological polar surface area (TPSA) is 47.0 Å². The highest BCUT2D eigenvalue weighted by Crippen LogP contribution is 2.22. The highest BCUT2D eigenvalue weighted by atomic mass is 16.6. The maximum Gasteiger partial charge on any atom is 0.289 e. The van der Waals surface area contributed by atoms with Crippen LogP contribution in [0.3, 0.4) is 0 Å². The molecule has 0 unspecified atom stereocenters. The van der Waals surface area contributed by atoms with Gasteiger partial charge in [0.2, 0.25) is 5.52 Å². The minimum atomic E-state index is -0.338. The van der Waals surface area contributed by atoms with Crippen molar-refractivity contribution in [3.63, 3.8) is 0 Å². The van der Waals surface area contributed by atoms with E-state index in [2.05, 4.69) is 0 Å². The number of fused-ring (bicyclic) bond motifs is 1. The summed E-state index contributed by atoms with van der Waals surface area (Å²) in [5, 5.41) is 11.7. The van der Waals surface area contributed by atoms with Gasteiger partial charge in [-0.1, -0.05) is 42.5 Å². The van der Waals surface area contributed by atoms with Crippen molar-refractivity contribution in [2.24, 2.45) is 0 Å². The Hall–Kier alpha value is -2.75. The van der Waals surface area contributed by atoms with Gasteiger partial charge in [-0.3, -0.25) is 10.1 Å². The standard InChI is InChI=1S/C16H13N2O2/c19-18(20)16-10-11-17(12-13-6-2-1-3-7-13)15-9-5-4-8-14(15)16/h1-11H,12H2/q+1. The summed E-state index contributed by atoms with van der Waals surface area (Å²) >= 11 is 0. The van der Waals surface area contributed by atoms with Gasteiger partial charge in [0.15, 0.2) is 12.7 Å². The van der Waals surface area contributed by atoms with Gasteiger partial charge in [-0.05, 0) is 6.07 Å². The molecule has 3 aromatic rings. The minimum Gasteiger partial charge on any atom is -0.258 e. The number of hydrogen-bond donors (Lipinski definition) is 0. The highest BCUT2D eigenvalue weighted by molar-refractivity contribution is 5.85. The van der Waals surface area contributed by atoms with Crippen molar-refractivity contribution in [1.82, 2.24) is 0 Å². The molecule has 20 heavy (non-hydrogen) atoms. The second kappa shape index (κ2) is 5.09. The molecule has 0 N–H and O–H groups in total. The normalized spacial score (nSPS) is 10.6. The van der Waals surface area contributed by atoms with Gasteiger partial charge in [0, 0.05) is 11.6 Å². The zero-order chi connectivity index (χ0) is 13.9. The lowest BCUT2D eigenvalue weighted by Crippen LogP contribution is -2.34. The van der Waals surface area contributed by atoms with E-state index in [9.17, 15) is 10.1 Å². The van der Waals surface area contributed by atoms with Crippen molar-refractivity contribution in [2.45, 2.75) is 6.54 Å². The zero-order valence-electron chi connectivity index (χ0n) is 10.8. The summed E-state index contributed by atoms with van der Waals surface area (Å²) < 4.78 is 2.03. The molecule has 0 atom stereocenters. The maximum atomic E-state index is 11.1. The summed E-state index contributed by atoms with van der Waals surface area (Å²) in [6.07, 6.45) is 1.77. The Morgan fingerprint density at radius 3 is 2.40 bits per heavy atom. The van der Waals surface area contributed by atoms with Gasteiger partial charge in [-0.15, -0.1) is 0 Å². The first-order valence-electron chi connectivity index (χ1n) is 6.35. The first-order valence-corrected chi connectivity index (χ1v) is 6.35. The summed E-state index contributed by atoms with van der Waals surface area (Å²) in [5.41, 5.74) is 2.17. The van der Waals surface area contributed by atoms with Crippen LogP contribution in [0.4, 0.5) is 5.69 Å². The molecule has 0 aliphatic heterocycles. The van der Waals surface area contributed by atoms with Gasteiger partial charge in [0.1, 0.15) is 5.39 Å². The SMILES string of the molecule is O=[N+]([O-])c1cc[n+](Cc2ccccc2)c2ccccc12. The third-order valence-corrected chi connectivity index (χ3v) is 3.29. The number of nitrogens with zero attached hydrogens (tertiary/aromatic N) is 2. The predicted molar refractivity (Wildman–Crippen MR) is 76.3 cm³/mol. The monoisotopic (exact) mass is 265 g/mol. The number of pyridine rings is 1. The van der Waals surface area contributed by atoms with Crippen LogP contribution in [-0.2, 0) is 6.54 Å². The van der Waals surface area contributed by atoms with Gasteiger partial charge in [0.05, 0.1) is 11.0 Å². The maximum absolute atomic E-state index is 11.1. The lowest BCUT2D eigenvalue weighted by Gasteiger charge is -2.02. The lowest BCUT2D eigenvalue weighted by molar-refractivity contribution is -0.662. The quantitative estimate of drug-likeness (QED) is 0.415. The Morgan fingerprint density at radius 2 is 1.65 bits per heavy atom. The van der Waals surface area contributed by atoms with Crippen molar-refractivity contribution in [2.75, 3.05) is 0 Å². The molecule has 4 heteroatoms. The van der Waals surface area contributed by atoms with E-state index in [4.69, 9.17) is 0 Å². The van der Waals surface area contributed by atoms with E-state index >= 15 is 0 Å². The molecular formula is C16H13N2O2+. The summed E-state index contributed by atoms with van der Waals surface area (Å²) in [4.78, 5) is 10.7. The Balaban J connectivity index is 2.13. The molecule has 2 aromatic carbocycles. The van der Waals surface area contributed by atoms with E-state index in [1.54, 1.807) is 18.3 Å². The molecule has 1 heterocycles. The summed E-state index contributed by atoms with van der Waals surface area (Å²) in [7, 11) is 0. The van der Waals surface area contributed by atoms with Crippen LogP contribution >= 0.6 is 0 Å². The van der Waals surface area contributed by atoms with E-state index in [0.29, 0.717) is 11.9 Å². The molecular weight excluding hydrogens is 252 g/mol. The number of rotatable bonds is 3. The first-order chi connectivity index (χ1) is 9.75. The summed E-state index contributed by atoms with van der Waals surface area (Å²) in [6, 6.07) is 19.0. The summed E-state index contributed by atoms with van der Waals surface area (Å²) in [5.74, 6) is 0. The number of benzene rings is 2. The fourth-order valence-electron chi connectivity index (χ4n) is 2.35. The molecule has 1 aromatic heterocycles. The molecule has 0 aliphatic rings. The molecule has 0 spiro atoms. The van der Waals surface area contributed by atoms with E-state index in [0.717, 1.165) is 11.1 Å². The highest BCUT2D eigenvalue weighted by Gasteiger charge is 2.19. The van der Waals surface area contributed by atoms with Gasteiger partial charge in [-0.2, -0.15) is 4.57 Å². The predicted octanol–water partition coefficient (Wildman–Crippen LogP) is 3.08. The third-order valence-electron chi connectivity index (χ3n) is 3.29. The second-order valence-corrected chi connectivity index (χ2v) is 4.59. The van der Waals surface area contributed by atoms with Crippen molar-refractivity contribution < 1.29 is 9.49 Å². The Labute approximate surface area is 116 Å². The van der Waals surface area contributed by atoms with E-state index in [1.165, 1.54) is 0 Å². The van der Waals surface area contributed by atoms with Crippen LogP contribution in [0.15, 0.2) is 66.9 Å². The molecule has 4 nitrogen and oxygen atoms in total. The Kier molecular flexibility index (Phi) is 3.13. The van der Waals surface area contributed by atoms with Crippen LogP contribution in [0.2, 0.25) is 0 Å². The minimum absolute atomic E-state index is 0.143. The fraction of sp³-hybridized carbons (Fsp3) is 0.0625. The molecule has 0 amide bonds.